The van der Waals surface area contributed by atoms with Gasteiger partial charge in [0.25, 0.3) is 11.8 Å². The van der Waals surface area contributed by atoms with Crippen LogP contribution in [-0.4, -0.2) is 30.8 Å². The van der Waals surface area contributed by atoms with Crippen molar-refractivity contribution in [2.45, 2.75) is 12.8 Å². The Hall–Kier alpha value is -2.86. The van der Waals surface area contributed by atoms with Crippen LogP contribution >= 0.6 is 11.6 Å². The third-order valence-electron chi connectivity index (χ3n) is 4.17. The van der Waals surface area contributed by atoms with Crippen molar-refractivity contribution in [1.82, 2.24) is 10.6 Å². The van der Waals surface area contributed by atoms with Gasteiger partial charge < -0.3 is 16.0 Å². The number of halogens is 1. The SMILES string of the molecule is O=C(NCCNC(=O)c1ccc(NC(=O)C2CC2)cc1)c1ccc(Cl)cc1. The van der Waals surface area contributed by atoms with Gasteiger partial charge in [-0.25, -0.2) is 0 Å². The summed E-state index contributed by atoms with van der Waals surface area (Å²) >= 11 is 5.79. The Balaban J connectivity index is 1.40. The Morgan fingerprint density at radius 1 is 0.815 bits per heavy atom. The van der Waals surface area contributed by atoms with E-state index >= 15 is 0 Å². The summed E-state index contributed by atoms with van der Waals surface area (Å²) in [5, 5.41) is 8.86. The summed E-state index contributed by atoms with van der Waals surface area (Å²) in [5.41, 5.74) is 1.68. The minimum absolute atomic E-state index is 0.0311. The van der Waals surface area contributed by atoms with E-state index in [0.29, 0.717) is 34.9 Å². The maximum absolute atomic E-state index is 12.1. The highest BCUT2D eigenvalue weighted by Gasteiger charge is 2.29. The molecule has 6 nitrogen and oxygen atoms in total. The first kappa shape index (κ1) is 18.9. The standard InChI is InChI=1S/C20H20ClN3O3/c21-16-7-3-13(4-8-16)18(25)22-11-12-23-19(26)14-5-9-17(10-6-14)24-20(27)15-1-2-15/h3-10,15H,1-2,11-12H2,(H,22,25)(H,23,26)(H,24,27). The molecule has 7 heteroatoms. The van der Waals surface area contributed by atoms with Crippen LogP contribution in [0, 0.1) is 5.92 Å². The van der Waals surface area contributed by atoms with Gasteiger partial charge in [0.15, 0.2) is 0 Å². The molecule has 0 aliphatic heterocycles. The number of hydrogen-bond acceptors (Lipinski definition) is 3. The van der Waals surface area contributed by atoms with E-state index in [9.17, 15) is 14.4 Å². The number of nitrogens with one attached hydrogen (secondary N) is 3. The van der Waals surface area contributed by atoms with E-state index in [-0.39, 0.29) is 23.6 Å². The fourth-order valence-electron chi connectivity index (χ4n) is 2.45. The lowest BCUT2D eigenvalue weighted by atomic mass is 10.2. The Bertz CT molecular complexity index is 831. The molecule has 1 aliphatic carbocycles. The minimum atomic E-state index is -0.240. The van der Waals surface area contributed by atoms with Crippen LogP contribution in [0.5, 0.6) is 0 Å². The van der Waals surface area contributed by atoms with Gasteiger partial charge in [0.2, 0.25) is 5.91 Å². The number of rotatable bonds is 7. The fourth-order valence-corrected chi connectivity index (χ4v) is 2.58. The molecule has 0 saturated heterocycles. The van der Waals surface area contributed by atoms with E-state index in [2.05, 4.69) is 16.0 Å². The van der Waals surface area contributed by atoms with E-state index < -0.39 is 0 Å². The van der Waals surface area contributed by atoms with Crippen LogP contribution in [-0.2, 0) is 4.79 Å². The molecule has 2 aromatic carbocycles. The van der Waals surface area contributed by atoms with Crippen molar-refractivity contribution in [3.8, 4) is 0 Å². The van der Waals surface area contributed by atoms with Gasteiger partial charge in [-0.2, -0.15) is 0 Å². The Kier molecular flexibility index (Phi) is 6.08. The summed E-state index contributed by atoms with van der Waals surface area (Å²) in [5.74, 6) is -0.299. The monoisotopic (exact) mass is 385 g/mol. The predicted octanol–water partition coefficient (Wildman–Crippen LogP) is 2.85. The van der Waals surface area contributed by atoms with Crippen LogP contribution in [0.2, 0.25) is 5.02 Å². The van der Waals surface area contributed by atoms with Crippen molar-refractivity contribution in [2.24, 2.45) is 5.92 Å². The molecular weight excluding hydrogens is 366 g/mol. The normalized spacial score (nSPS) is 12.9. The number of hydrogen-bond donors (Lipinski definition) is 3. The van der Waals surface area contributed by atoms with E-state index in [1.165, 1.54) is 0 Å². The van der Waals surface area contributed by atoms with Gasteiger partial charge in [-0.3, -0.25) is 14.4 Å². The van der Waals surface area contributed by atoms with Gasteiger partial charge in [-0.1, -0.05) is 11.6 Å². The summed E-state index contributed by atoms with van der Waals surface area (Å²) in [6.07, 6.45) is 1.89. The van der Waals surface area contributed by atoms with Crippen molar-refractivity contribution < 1.29 is 14.4 Å². The highest BCUT2D eigenvalue weighted by atomic mass is 35.5. The molecular formula is C20H20ClN3O3. The van der Waals surface area contributed by atoms with Gasteiger partial charge in [0, 0.05) is 40.8 Å². The first-order chi connectivity index (χ1) is 13.0. The molecule has 3 rings (SSSR count). The maximum atomic E-state index is 12.1. The quantitative estimate of drug-likeness (QED) is 0.640. The molecule has 27 heavy (non-hydrogen) atoms. The summed E-state index contributed by atoms with van der Waals surface area (Å²) in [6, 6.07) is 13.3. The Labute approximate surface area is 162 Å². The molecule has 0 unspecified atom stereocenters. The second-order valence-corrected chi connectivity index (χ2v) is 6.80. The molecule has 140 valence electrons. The highest BCUT2D eigenvalue weighted by Crippen LogP contribution is 2.30. The molecule has 3 N–H and O–H groups in total. The molecule has 1 saturated carbocycles. The number of benzene rings is 2. The molecule has 1 fully saturated rings. The summed E-state index contributed by atoms with van der Waals surface area (Å²) in [7, 11) is 0. The lowest BCUT2D eigenvalue weighted by Crippen LogP contribution is -2.34. The molecule has 0 heterocycles. The van der Waals surface area contributed by atoms with Crippen LogP contribution in [0.4, 0.5) is 5.69 Å². The zero-order chi connectivity index (χ0) is 19.2. The molecule has 0 spiro atoms. The zero-order valence-electron chi connectivity index (χ0n) is 14.6. The van der Waals surface area contributed by atoms with Gasteiger partial charge in [0.1, 0.15) is 0 Å². The van der Waals surface area contributed by atoms with Gasteiger partial charge in [-0.05, 0) is 61.4 Å². The first-order valence-electron chi connectivity index (χ1n) is 8.76. The summed E-state index contributed by atoms with van der Waals surface area (Å²) in [4.78, 5) is 35.8. The van der Waals surface area contributed by atoms with Crippen molar-refractivity contribution in [3.05, 3.63) is 64.7 Å². The molecule has 3 amide bonds. The number of anilines is 1. The smallest absolute Gasteiger partial charge is 0.251 e. The van der Waals surface area contributed by atoms with Crippen LogP contribution in [0.15, 0.2) is 48.5 Å². The third kappa shape index (κ3) is 5.56. The average molecular weight is 386 g/mol. The number of carbonyl (C=O) groups excluding carboxylic acids is 3. The van der Waals surface area contributed by atoms with E-state index in [4.69, 9.17) is 11.6 Å². The molecule has 0 atom stereocenters. The highest BCUT2D eigenvalue weighted by molar-refractivity contribution is 6.30. The van der Waals surface area contributed by atoms with E-state index in [1.807, 2.05) is 0 Å². The minimum Gasteiger partial charge on any atom is -0.350 e. The van der Waals surface area contributed by atoms with Crippen molar-refractivity contribution in [1.29, 1.82) is 0 Å². The number of amides is 3. The third-order valence-corrected chi connectivity index (χ3v) is 4.42. The lowest BCUT2D eigenvalue weighted by Gasteiger charge is -2.08. The van der Waals surface area contributed by atoms with Crippen molar-refractivity contribution in [2.75, 3.05) is 18.4 Å². The molecule has 0 bridgehead atoms. The second-order valence-electron chi connectivity index (χ2n) is 6.36. The summed E-state index contributed by atoms with van der Waals surface area (Å²) < 4.78 is 0. The first-order valence-corrected chi connectivity index (χ1v) is 9.13. The Morgan fingerprint density at radius 3 is 1.78 bits per heavy atom. The zero-order valence-corrected chi connectivity index (χ0v) is 15.4. The van der Waals surface area contributed by atoms with Crippen LogP contribution in [0.1, 0.15) is 33.6 Å². The largest absolute Gasteiger partial charge is 0.350 e. The molecule has 0 aromatic heterocycles. The second kappa shape index (κ2) is 8.68. The van der Waals surface area contributed by atoms with Crippen LogP contribution < -0.4 is 16.0 Å². The molecule has 1 aliphatic rings. The maximum Gasteiger partial charge on any atom is 0.251 e. The molecule has 2 aromatic rings. The Morgan fingerprint density at radius 2 is 1.30 bits per heavy atom. The van der Waals surface area contributed by atoms with Crippen molar-refractivity contribution >= 4 is 35.0 Å². The molecule has 0 radical (unpaired) electrons. The summed E-state index contributed by atoms with van der Waals surface area (Å²) in [6.45, 7) is 0.612. The van der Waals surface area contributed by atoms with Crippen LogP contribution in [0.25, 0.3) is 0 Å². The fraction of sp³-hybridized carbons (Fsp3) is 0.250. The van der Waals surface area contributed by atoms with Gasteiger partial charge in [-0.15, -0.1) is 0 Å². The van der Waals surface area contributed by atoms with E-state index in [0.717, 1.165) is 12.8 Å². The van der Waals surface area contributed by atoms with Crippen molar-refractivity contribution in [3.63, 3.8) is 0 Å². The van der Waals surface area contributed by atoms with Gasteiger partial charge >= 0.3 is 0 Å². The van der Waals surface area contributed by atoms with Crippen LogP contribution in [0.3, 0.4) is 0 Å². The van der Waals surface area contributed by atoms with E-state index in [1.54, 1.807) is 48.5 Å². The van der Waals surface area contributed by atoms with Gasteiger partial charge in [0.05, 0.1) is 0 Å². The number of carbonyl (C=O) groups is 3. The average Bonchev–Trinajstić information content (AvgIpc) is 3.51. The predicted molar refractivity (Wildman–Crippen MR) is 104 cm³/mol. The topological polar surface area (TPSA) is 87.3 Å². The lowest BCUT2D eigenvalue weighted by molar-refractivity contribution is -0.117.